The van der Waals surface area contributed by atoms with E-state index >= 15 is 0 Å². The molecule has 3 aromatic rings. The molecule has 0 saturated heterocycles. The van der Waals surface area contributed by atoms with Crippen LogP contribution in [0.4, 0.5) is 5.69 Å². The fourth-order valence-electron chi connectivity index (χ4n) is 4.30. The number of ether oxygens (including phenoxy) is 1. The van der Waals surface area contributed by atoms with Gasteiger partial charge in [-0.05, 0) is 73.4 Å². The highest BCUT2D eigenvalue weighted by molar-refractivity contribution is 7.92. The minimum Gasteiger partial charge on any atom is -0.494 e. The summed E-state index contributed by atoms with van der Waals surface area (Å²) in [6.45, 7) is 7.96. The second kappa shape index (κ2) is 15.3. The Balaban J connectivity index is 2.03. The van der Waals surface area contributed by atoms with E-state index in [1.165, 1.54) is 17.0 Å². The molecule has 0 radical (unpaired) electrons. The summed E-state index contributed by atoms with van der Waals surface area (Å²) in [4.78, 5) is 28.8. The molecular weight excluding hydrogens is 597 g/mol. The van der Waals surface area contributed by atoms with E-state index in [1.54, 1.807) is 67.6 Å². The number of sulfonamides is 1. The number of halogens is 2. The van der Waals surface area contributed by atoms with E-state index in [1.807, 2.05) is 20.8 Å². The SMILES string of the molecule is CCOc1ccc(S(=O)(=O)N(CC(=O)N(Cc2ccc(Cl)c(Cl)c2)[C@@H](CC)C(=O)NCC(C)C)c2ccccc2)cc1. The van der Waals surface area contributed by atoms with Gasteiger partial charge in [0, 0.05) is 13.1 Å². The van der Waals surface area contributed by atoms with Gasteiger partial charge in [0.15, 0.2) is 0 Å². The van der Waals surface area contributed by atoms with Crippen molar-refractivity contribution in [1.82, 2.24) is 10.2 Å². The van der Waals surface area contributed by atoms with Crippen molar-refractivity contribution < 1.29 is 22.7 Å². The molecule has 1 N–H and O–H groups in total. The van der Waals surface area contributed by atoms with Gasteiger partial charge in [-0.2, -0.15) is 0 Å². The molecule has 1 atom stereocenters. The smallest absolute Gasteiger partial charge is 0.264 e. The molecule has 0 bridgehead atoms. The monoisotopic (exact) mass is 633 g/mol. The lowest BCUT2D eigenvalue weighted by Crippen LogP contribution is -2.52. The summed E-state index contributed by atoms with van der Waals surface area (Å²) in [5.41, 5.74) is 0.958. The van der Waals surface area contributed by atoms with Crippen LogP contribution in [0.2, 0.25) is 10.0 Å². The first-order valence-corrected chi connectivity index (χ1v) is 16.0. The summed E-state index contributed by atoms with van der Waals surface area (Å²) in [5.74, 6) is -0.130. The van der Waals surface area contributed by atoms with E-state index in [2.05, 4.69) is 5.32 Å². The summed E-state index contributed by atoms with van der Waals surface area (Å²) in [7, 11) is -4.18. The first-order valence-electron chi connectivity index (χ1n) is 13.8. The Labute approximate surface area is 258 Å². The third-order valence-electron chi connectivity index (χ3n) is 6.45. The maximum Gasteiger partial charge on any atom is 0.264 e. The summed E-state index contributed by atoms with van der Waals surface area (Å²) in [6, 6.07) is 18.6. The minimum absolute atomic E-state index is 0.000331. The maximum absolute atomic E-state index is 14.1. The van der Waals surface area contributed by atoms with Gasteiger partial charge in [0.25, 0.3) is 10.0 Å². The van der Waals surface area contributed by atoms with Gasteiger partial charge in [0.1, 0.15) is 18.3 Å². The third kappa shape index (κ3) is 8.63. The average molecular weight is 635 g/mol. The zero-order chi connectivity index (χ0) is 30.9. The predicted octanol–water partition coefficient (Wildman–Crippen LogP) is 6.17. The molecule has 0 spiro atoms. The number of rotatable bonds is 14. The number of nitrogens with zero attached hydrogens (tertiary/aromatic N) is 2. The summed E-state index contributed by atoms with van der Waals surface area (Å²) in [5, 5.41) is 3.57. The Kier molecular flexibility index (Phi) is 12.1. The molecule has 8 nitrogen and oxygen atoms in total. The van der Waals surface area contributed by atoms with Crippen molar-refractivity contribution in [2.75, 3.05) is 24.0 Å². The molecule has 0 aliphatic carbocycles. The van der Waals surface area contributed by atoms with E-state index in [0.717, 1.165) is 4.31 Å². The first-order chi connectivity index (χ1) is 20.0. The quantitative estimate of drug-likeness (QED) is 0.229. The van der Waals surface area contributed by atoms with Crippen molar-refractivity contribution in [1.29, 1.82) is 0 Å². The van der Waals surface area contributed by atoms with Crippen LogP contribution in [0.15, 0.2) is 77.7 Å². The van der Waals surface area contributed by atoms with Crippen molar-refractivity contribution in [3.63, 3.8) is 0 Å². The van der Waals surface area contributed by atoms with Gasteiger partial charge in [-0.15, -0.1) is 0 Å². The molecule has 0 aliphatic rings. The van der Waals surface area contributed by atoms with E-state index in [-0.39, 0.29) is 23.3 Å². The summed E-state index contributed by atoms with van der Waals surface area (Å²) >= 11 is 12.4. The number of para-hydroxylation sites is 1. The Morgan fingerprint density at radius 1 is 0.929 bits per heavy atom. The lowest BCUT2D eigenvalue weighted by Gasteiger charge is -2.33. The highest BCUT2D eigenvalue weighted by Crippen LogP contribution is 2.27. The fraction of sp³-hybridized carbons (Fsp3) is 0.355. The number of carbonyl (C=O) groups is 2. The van der Waals surface area contributed by atoms with E-state index in [4.69, 9.17) is 27.9 Å². The highest BCUT2D eigenvalue weighted by Gasteiger charge is 2.33. The average Bonchev–Trinajstić information content (AvgIpc) is 2.97. The van der Waals surface area contributed by atoms with Crippen molar-refractivity contribution in [3.8, 4) is 5.75 Å². The molecule has 3 aromatic carbocycles. The molecule has 2 amide bonds. The van der Waals surface area contributed by atoms with Gasteiger partial charge in [-0.1, -0.05) is 68.2 Å². The van der Waals surface area contributed by atoms with Crippen LogP contribution in [0.5, 0.6) is 5.75 Å². The molecule has 3 rings (SSSR count). The lowest BCUT2D eigenvalue weighted by atomic mass is 10.1. The number of carbonyl (C=O) groups excluding carboxylic acids is 2. The molecule has 42 heavy (non-hydrogen) atoms. The van der Waals surface area contributed by atoms with Crippen LogP contribution in [0.25, 0.3) is 0 Å². The standard InChI is InChI=1S/C31H37Cl2N3O5S/c1-5-29(31(38)34-19-22(3)4)35(20-23-12-17-27(32)28(33)18-23)30(37)21-36(24-10-8-7-9-11-24)42(39,40)26-15-13-25(14-16-26)41-6-2/h7-18,22,29H,5-6,19-21H2,1-4H3,(H,34,38)/t29-/m0/s1. The Hall–Kier alpha value is -3.27. The van der Waals surface area contributed by atoms with Gasteiger partial charge in [0.2, 0.25) is 11.8 Å². The first kappa shape index (κ1) is 33.2. The minimum atomic E-state index is -4.18. The van der Waals surface area contributed by atoms with Crippen LogP contribution < -0.4 is 14.4 Å². The second-order valence-electron chi connectivity index (χ2n) is 10.1. The van der Waals surface area contributed by atoms with Crippen LogP contribution in [-0.4, -0.2) is 50.9 Å². The van der Waals surface area contributed by atoms with Gasteiger partial charge >= 0.3 is 0 Å². The third-order valence-corrected chi connectivity index (χ3v) is 8.98. The number of nitrogens with one attached hydrogen (secondary N) is 1. The van der Waals surface area contributed by atoms with E-state index in [0.29, 0.717) is 46.6 Å². The van der Waals surface area contributed by atoms with Crippen molar-refractivity contribution in [2.45, 2.75) is 51.6 Å². The maximum atomic E-state index is 14.1. The fourth-order valence-corrected chi connectivity index (χ4v) is 6.04. The van der Waals surface area contributed by atoms with Crippen molar-refractivity contribution in [2.24, 2.45) is 5.92 Å². The van der Waals surface area contributed by atoms with Gasteiger partial charge in [0.05, 0.1) is 27.2 Å². The van der Waals surface area contributed by atoms with Gasteiger partial charge < -0.3 is 15.0 Å². The van der Waals surface area contributed by atoms with Crippen LogP contribution >= 0.6 is 23.2 Å². The van der Waals surface area contributed by atoms with Crippen LogP contribution in [0.1, 0.15) is 39.7 Å². The molecule has 0 saturated carbocycles. The topological polar surface area (TPSA) is 96.0 Å². The number of anilines is 1. The van der Waals surface area contributed by atoms with Crippen molar-refractivity contribution >= 4 is 50.7 Å². The molecule has 0 unspecified atom stereocenters. The zero-order valence-electron chi connectivity index (χ0n) is 24.2. The molecule has 0 aliphatic heterocycles. The zero-order valence-corrected chi connectivity index (χ0v) is 26.5. The largest absolute Gasteiger partial charge is 0.494 e. The van der Waals surface area contributed by atoms with Gasteiger partial charge in [-0.3, -0.25) is 13.9 Å². The van der Waals surface area contributed by atoms with Gasteiger partial charge in [-0.25, -0.2) is 8.42 Å². The number of amides is 2. The second-order valence-corrected chi connectivity index (χ2v) is 12.8. The molecular formula is C31H37Cl2N3O5S. The number of hydrogen-bond acceptors (Lipinski definition) is 5. The van der Waals surface area contributed by atoms with E-state index in [9.17, 15) is 18.0 Å². The molecule has 11 heteroatoms. The van der Waals surface area contributed by atoms with Crippen LogP contribution in [-0.2, 0) is 26.2 Å². The van der Waals surface area contributed by atoms with E-state index < -0.39 is 28.5 Å². The predicted molar refractivity (Wildman–Crippen MR) is 168 cm³/mol. The molecule has 0 fully saturated rings. The Morgan fingerprint density at radius 3 is 2.17 bits per heavy atom. The highest BCUT2D eigenvalue weighted by atomic mass is 35.5. The molecule has 0 heterocycles. The Morgan fingerprint density at radius 2 is 1.60 bits per heavy atom. The molecule has 226 valence electrons. The summed E-state index contributed by atoms with van der Waals surface area (Å²) in [6.07, 6.45) is 0.313. The Bertz CT molecular complexity index is 1450. The molecule has 0 aromatic heterocycles. The number of benzene rings is 3. The number of hydrogen-bond donors (Lipinski definition) is 1. The normalized spacial score (nSPS) is 12.1. The summed E-state index contributed by atoms with van der Waals surface area (Å²) < 4.78 is 34.4. The van der Waals surface area contributed by atoms with Crippen LogP contribution in [0.3, 0.4) is 0 Å². The van der Waals surface area contributed by atoms with Crippen molar-refractivity contribution in [3.05, 3.63) is 88.4 Å². The van der Waals surface area contributed by atoms with Crippen LogP contribution in [0, 0.1) is 5.92 Å². The lowest BCUT2D eigenvalue weighted by molar-refractivity contribution is -0.140.